The highest BCUT2D eigenvalue weighted by Crippen LogP contribution is 2.28. The molecule has 0 atom stereocenters. The van der Waals surface area contributed by atoms with Crippen molar-refractivity contribution in [3.63, 3.8) is 0 Å². The molecule has 5 heteroatoms. The molecule has 1 aliphatic heterocycles. The lowest BCUT2D eigenvalue weighted by Gasteiger charge is -2.30. The van der Waals surface area contributed by atoms with Gasteiger partial charge in [-0.05, 0) is 24.1 Å². The van der Waals surface area contributed by atoms with Crippen LogP contribution in [0.25, 0.3) is 11.0 Å². The molecule has 100 valence electrons. The van der Waals surface area contributed by atoms with Crippen molar-refractivity contribution in [3.05, 3.63) is 53.7 Å². The number of hydrogen-bond donors (Lipinski definition) is 1. The first-order chi connectivity index (χ1) is 9.83. The zero-order valence-corrected chi connectivity index (χ0v) is 10.8. The van der Waals surface area contributed by atoms with Crippen LogP contribution in [0, 0.1) is 5.82 Å². The van der Waals surface area contributed by atoms with Gasteiger partial charge in [0, 0.05) is 24.8 Å². The third-order valence-electron chi connectivity index (χ3n) is 3.85. The topological polar surface area (TPSA) is 44.8 Å². The van der Waals surface area contributed by atoms with Crippen LogP contribution in [0.2, 0.25) is 0 Å². The normalized spacial score (nSPS) is 14.6. The molecule has 1 aromatic carbocycles. The van der Waals surface area contributed by atoms with Gasteiger partial charge < -0.3 is 9.88 Å². The second-order valence-electron chi connectivity index (χ2n) is 4.99. The second-order valence-corrected chi connectivity index (χ2v) is 4.99. The Balaban J connectivity index is 1.78. The lowest BCUT2D eigenvalue weighted by atomic mass is 9.99. The van der Waals surface area contributed by atoms with E-state index in [0.717, 1.165) is 40.9 Å². The number of halogens is 1. The Morgan fingerprint density at radius 2 is 2.15 bits per heavy atom. The van der Waals surface area contributed by atoms with Crippen LogP contribution in [0.15, 0.2) is 36.8 Å². The minimum absolute atomic E-state index is 0.133. The molecular weight excluding hydrogens is 255 g/mol. The predicted octanol–water partition coefficient (Wildman–Crippen LogP) is 2.66. The molecule has 3 heterocycles. The molecule has 0 bridgehead atoms. The predicted molar refractivity (Wildman–Crippen MR) is 75.0 cm³/mol. The fourth-order valence-electron chi connectivity index (χ4n) is 2.83. The van der Waals surface area contributed by atoms with Gasteiger partial charge in [-0.2, -0.15) is 0 Å². The number of nitrogens with zero attached hydrogens (tertiary/aromatic N) is 3. The van der Waals surface area contributed by atoms with Gasteiger partial charge in [0.2, 0.25) is 0 Å². The number of rotatable bonds is 1. The van der Waals surface area contributed by atoms with Crippen LogP contribution in [0.1, 0.15) is 11.1 Å². The first-order valence-electron chi connectivity index (χ1n) is 6.62. The Bertz CT molecular complexity index is 780. The molecule has 0 radical (unpaired) electrons. The smallest absolute Gasteiger partial charge is 0.142 e. The van der Waals surface area contributed by atoms with Crippen molar-refractivity contribution in [1.29, 1.82) is 0 Å². The molecule has 0 saturated carbocycles. The van der Waals surface area contributed by atoms with Crippen LogP contribution in [0.4, 0.5) is 10.2 Å². The molecule has 0 amide bonds. The number of fused-ring (bicyclic) bond motifs is 2. The van der Waals surface area contributed by atoms with Crippen LogP contribution < -0.4 is 4.90 Å². The van der Waals surface area contributed by atoms with Crippen molar-refractivity contribution >= 4 is 16.9 Å². The van der Waals surface area contributed by atoms with Crippen molar-refractivity contribution in [2.24, 2.45) is 0 Å². The quantitative estimate of drug-likeness (QED) is 0.738. The van der Waals surface area contributed by atoms with Crippen LogP contribution >= 0.6 is 0 Å². The number of H-pyrrole nitrogens is 1. The van der Waals surface area contributed by atoms with E-state index in [0.29, 0.717) is 6.54 Å². The highest BCUT2D eigenvalue weighted by atomic mass is 19.1. The minimum Gasteiger partial charge on any atom is -0.351 e. The van der Waals surface area contributed by atoms with E-state index in [2.05, 4.69) is 19.9 Å². The fraction of sp³-hybridized carbons (Fsp3) is 0.200. The van der Waals surface area contributed by atoms with Gasteiger partial charge in [0.25, 0.3) is 0 Å². The summed E-state index contributed by atoms with van der Waals surface area (Å²) in [6, 6.07) is 7.26. The number of aromatic nitrogens is 3. The lowest BCUT2D eigenvalue weighted by Crippen LogP contribution is -2.31. The summed E-state index contributed by atoms with van der Waals surface area (Å²) in [4.78, 5) is 13.8. The maximum Gasteiger partial charge on any atom is 0.142 e. The molecule has 0 aliphatic carbocycles. The summed E-state index contributed by atoms with van der Waals surface area (Å²) in [6.45, 7) is 1.40. The van der Waals surface area contributed by atoms with Crippen molar-refractivity contribution in [2.75, 3.05) is 11.4 Å². The summed E-state index contributed by atoms with van der Waals surface area (Å²) < 4.78 is 13.9. The maximum absolute atomic E-state index is 13.9. The van der Waals surface area contributed by atoms with Crippen molar-refractivity contribution in [3.8, 4) is 0 Å². The van der Waals surface area contributed by atoms with Crippen LogP contribution in [0.5, 0.6) is 0 Å². The average Bonchev–Trinajstić information content (AvgIpc) is 2.96. The summed E-state index contributed by atoms with van der Waals surface area (Å²) in [7, 11) is 0. The summed E-state index contributed by atoms with van der Waals surface area (Å²) >= 11 is 0. The number of anilines is 1. The SMILES string of the molecule is Fc1cccc2c1CN(c1ncnc3[nH]ccc13)CC2. The summed E-state index contributed by atoms with van der Waals surface area (Å²) in [6.07, 6.45) is 4.23. The van der Waals surface area contributed by atoms with E-state index in [1.807, 2.05) is 18.3 Å². The number of aromatic amines is 1. The van der Waals surface area contributed by atoms with Crippen LogP contribution in [0.3, 0.4) is 0 Å². The van der Waals surface area contributed by atoms with Crippen molar-refractivity contribution in [1.82, 2.24) is 15.0 Å². The third kappa shape index (κ3) is 1.66. The van der Waals surface area contributed by atoms with Gasteiger partial charge >= 0.3 is 0 Å². The molecule has 0 unspecified atom stereocenters. The lowest BCUT2D eigenvalue weighted by molar-refractivity contribution is 0.587. The third-order valence-corrected chi connectivity index (χ3v) is 3.85. The number of hydrogen-bond acceptors (Lipinski definition) is 3. The molecule has 4 rings (SSSR count). The first-order valence-corrected chi connectivity index (χ1v) is 6.62. The number of nitrogens with one attached hydrogen (secondary N) is 1. The molecule has 2 aromatic heterocycles. The fourth-order valence-corrected chi connectivity index (χ4v) is 2.83. The van der Waals surface area contributed by atoms with Gasteiger partial charge in [-0.1, -0.05) is 12.1 Å². The summed E-state index contributed by atoms with van der Waals surface area (Å²) in [5.41, 5.74) is 2.69. The van der Waals surface area contributed by atoms with E-state index in [-0.39, 0.29) is 5.82 Å². The standard InChI is InChI=1S/C15H13FN4/c16-13-3-1-2-10-5-7-20(8-12(10)13)15-11-4-6-17-14(11)18-9-19-15/h1-4,6,9H,5,7-8H2,(H,17,18,19). The molecule has 0 saturated heterocycles. The van der Waals surface area contributed by atoms with Gasteiger partial charge in [0.05, 0.1) is 5.39 Å². The summed E-state index contributed by atoms with van der Waals surface area (Å²) in [5.74, 6) is 0.733. The molecule has 3 aromatic rings. The Labute approximate surface area is 115 Å². The Kier molecular flexibility index (Phi) is 2.45. The number of benzene rings is 1. The van der Waals surface area contributed by atoms with Gasteiger partial charge in [-0.3, -0.25) is 0 Å². The second kappa shape index (κ2) is 4.30. The van der Waals surface area contributed by atoms with E-state index in [9.17, 15) is 4.39 Å². The minimum atomic E-state index is -0.133. The van der Waals surface area contributed by atoms with E-state index in [1.165, 1.54) is 6.07 Å². The van der Waals surface area contributed by atoms with E-state index >= 15 is 0 Å². The van der Waals surface area contributed by atoms with E-state index in [4.69, 9.17) is 0 Å². The zero-order chi connectivity index (χ0) is 13.5. The summed E-state index contributed by atoms with van der Waals surface area (Å²) in [5, 5.41) is 0.979. The average molecular weight is 268 g/mol. The first kappa shape index (κ1) is 11.4. The van der Waals surface area contributed by atoms with E-state index in [1.54, 1.807) is 12.4 Å². The van der Waals surface area contributed by atoms with Gasteiger partial charge in [-0.15, -0.1) is 0 Å². The monoisotopic (exact) mass is 268 g/mol. The van der Waals surface area contributed by atoms with Crippen LogP contribution in [-0.4, -0.2) is 21.5 Å². The molecule has 1 aliphatic rings. The van der Waals surface area contributed by atoms with E-state index < -0.39 is 0 Å². The Hall–Kier alpha value is -2.43. The maximum atomic E-state index is 13.9. The molecule has 0 spiro atoms. The molecule has 1 N–H and O–H groups in total. The van der Waals surface area contributed by atoms with Crippen molar-refractivity contribution in [2.45, 2.75) is 13.0 Å². The van der Waals surface area contributed by atoms with Crippen molar-refractivity contribution < 1.29 is 4.39 Å². The molecular formula is C15H13FN4. The highest BCUT2D eigenvalue weighted by molar-refractivity contribution is 5.87. The molecule has 20 heavy (non-hydrogen) atoms. The zero-order valence-electron chi connectivity index (χ0n) is 10.8. The van der Waals surface area contributed by atoms with Gasteiger partial charge in [-0.25, -0.2) is 14.4 Å². The van der Waals surface area contributed by atoms with Crippen LogP contribution in [-0.2, 0) is 13.0 Å². The van der Waals surface area contributed by atoms with Gasteiger partial charge in [0.15, 0.2) is 0 Å². The largest absolute Gasteiger partial charge is 0.351 e. The Morgan fingerprint density at radius 3 is 3.10 bits per heavy atom. The Morgan fingerprint density at radius 1 is 1.20 bits per heavy atom. The molecule has 0 fully saturated rings. The molecule has 4 nitrogen and oxygen atoms in total. The van der Waals surface area contributed by atoms with Gasteiger partial charge in [0.1, 0.15) is 23.6 Å². The highest BCUT2D eigenvalue weighted by Gasteiger charge is 2.21.